The molecule has 3 heteroatoms. The van der Waals surface area contributed by atoms with E-state index in [0.29, 0.717) is 12.1 Å². The van der Waals surface area contributed by atoms with E-state index in [1.165, 1.54) is 25.7 Å². The molecule has 0 saturated carbocycles. The molecule has 0 spiro atoms. The number of hydrogen-bond acceptors (Lipinski definition) is 1. The van der Waals surface area contributed by atoms with Crippen molar-refractivity contribution < 1.29 is 0 Å². The molecule has 12 heavy (non-hydrogen) atoms. The van der Waals surface area contributed by atoms with Crippen molar-refractivity contribution in [3.8, 4) is 0 Å². The molecule has 1 saturated heterocycles. The molecule has 0 aromatic rings. The SMILES string of the molecule is CCCCCC1NC(=S)NC1C. The molecule has 70 valence electrons. The summed E-state index contributed by atoms with van der Waals surface area (Å²) in [5.41, 5.74) is 0. The van der Waals surface area contributed by atoms with E-state index in [0.717, 1.165) is 5.11 Å². The monoisotopic (exact) mass is 186 g/mol. The molecular formula is C9H18N2S. The quantitative estimate of drug-likeness (QED) is 0.517. The first kappa shape index (κ1) is 9.78. The molecular weight excluding hydrogens is 168 g/mol. The number of rotatable bonds is 4. The van der Waals surface area contributed by atoms with Crippen LogP contribution in [-0.4, -0.2) is 17.2 Å². The second-order valence-electron chi connectivity index (χ2n) is 3.51. The Labute approximate surface area is 80.1 Å². The van der Waals surface area contributed by atoms with Gasteiger partial charge >= 0.3 is 0 Å². The second kappa shape index (κ2) is 4.65. The topological polar surface area (TPSA) is 24.1 Å². The average molecular weight is 186 g/mol. The van der Waals surface area contributed by atoms with Crippen LogP contribution in [0.5, 0.6) is 0 Å². The summed E-state index contributed by atoms with van der Waals surface area (Å²) in [5, 5.41) is 7.32. The van der Waals surface area contributed by atoms with Gasteiger partial charge in [-0.1, -0.05) is 26.2 Å². The third-order valence-electron chi connectivity index (χ3n) is 2.40. The normalized spacial score (nSPS) is 28.3. The Hall–Kier alpha value is -0.310. The van der Waals surface area contributed by atoms with Crippen LogP contribution in [0.2, 0.25) is 0 Å². The predicted octanol–water partition coefficient (Wildman–Crippen LogP) is 1.80. The van der Waals surface area contributed by atoms with Crippen molar-refractivity contribution in [1.82, 2.24) is 10.6 Å². The average Bonchev–Trinajstić information content (AvgIpc) is 2.31. The minimum atomic E-state index is 0.509. The van der Waals surface area contributed by atoms with Gasteiger partial charge in [0.25, 0.3) is 0 Å². The third kappa shape index (κ3) is 2.63. The summed E-state index contributed by atoms with van der Waals surface area (Å²) < 4.78 is 0. The van der Waals surface area contributed by atoms with E-state index in [1.54, 1.807) is 0 Å². The van der Waals surface area contributed by atoms with E-state index in [4.69, 9.17) is 12.2 Å². The van der Waals surface area contributed by atoms with Gasteiger partial charge in [0.15, 0.2) is 5.11 Å². The van der Waals surface area contributed by atoms with E-state index in [9.17, 15) is 0 Å². The Bertz CT molecular complexity index is 159. The lowest BCUT2D eigenvalue weighted by Crippen LogP contribution is -2.30. The van der Waals surface area contributed by atoms with Crippen molar-refractivity contribution in [3.63, 3.8) is 0 Å². The highest BCUT2D eigenvalue weighted by Crippen LogP contribution is 2.10. The van der Waals surface area contributed by atoms with Gasteiger partial charge in [0.1, 0.15) is 0 Å². The van der Waals surface area contributed by atoms with E-state index < -0.39 is 0 Å². The molecule has 0 radical (unpaired) electrons. The minimum absolute atomic E-state index is 0.509. The van der Waals surface area contributed by atoms with Crippen LogP contribution in [0.25, 0.3) is 0 Å². The molecule has 1 aliphatic rings. The van der Waals surface area contributed by atoms with Crippen LogP contribution in [0.1, 0.15) is 39.5 Å². The highest BCUT2D eigenvalue weighted by molar-refractivity contribution is 7.80. The van der Waals surface area contributed by atoms with E-state index in [2.05, 4.69) is 24.5 Å². The van der Waals surface area contributed by atoms with Gasteiger partial charge in [0.2, 0.25) is 0 Å². The zero-order valence-electron chi connectivity index (χ0n) is 7.89. The molecule has 1 aliphatic heterocycles. The molecule has 0 aliphatic carbocycles. The lowest BCUT2D eigenvalue weighted by molar-refractivity contribution is 0.481. The molecule has 0 bridgehead atoms. The van der Waals surface area contributed by atoms with Gasteiger partial charge in [0.05, 0.1) is 0 Å². The molecule has 2 unspecified atom stereocenters. The van der Waals surface area contributed by atoms with Gasteiger partial charge < -0.3 is 10.6 Å². The number of nitrogens with one attached hydrogen (secondary N) is 2. The summed E-state index contributed by atoms with van der Waals surface area (Å²) in [5.74, 6) is 0. The van der Waals surface area contributed by atoms with Crippen molar-refractivity contribution in [2.45, 2.75) is 51.6 Å². The number of unbranched alkanes of at least 4 members (excludes halogenated alkanes) is 2. The molecule has 0 amide bonds. The first-order valence-electron chi connectivity index (χ1n) is 4.81. The van der Waals surface area contributed by atoms with E-state index in [-0.39, 0.29) is 0 Å². The van der Waals surface area contributed by atoms with Gasteiger partial charge in [0, 0.05) is 12.1 Å². The van der Waals surface area contributed by atoms with Crippen LogP contribution in [0.4, 0.5) is 0 Å². The Morgan fingerprint density at radius 3 is 2.58 bits per heavy atom. The van der Waals surface area contributed by atoms with Crippen LogP contribution in [0.15, 0.2) is 0 Å². The molecule has 0 aromatic carbocycles. The summed E-state index contributed by atoms with van der Waals surface area (Å²) >= 11 is 5.03. The first-order chi connectivity index (χ1) is 5.74. The van der Waals surface area contributed by atoms with Gasteiger partial charge in [-0.3, -0.25) is 0 Å². The molecule has 1 heterocycles. The van der Waals surface area contributed by atoms with E-state index in [1.807, 2.05) is 0 Å². The fourth-order valence-electron chi connectivity index (χ4n) is 1.58. The van der Waals surface area contributed by atoms with Gasteiger partial charge in [-0.05, 0) is 25.6 Å². The van der Waals surface area contributed by atoms with Gasteiger partial charge in [-0.2, -0.15) is 0 Å². The molecule has 1 fully saturated rings. The predicted molar refractivity (Wildman–Crippen MR) is 56.3 cm³/mol. The summed E-state index contributed by atoms with van der Waals surface area (Å²) in [4.78, 5) is 0. The van der Waals surface area contributed by atoms with Crippen LogP contribution < -0.4 is 10.6 Å². The summed E-state index contributed by atoms with van der Waals surface area (Å²) in [6.45, 7) is 4.41. The summed E-state index contributed by atoms with van der Waals surface area (Å²) in [7, 11) is 0. The maximum atomic E-state index is 5.03. The Balaban J connectivity index is 2.19. The first-order valence-corrected chi connectivity index (χ1v) is 5.22. The van der Waals surface area contributed by atoms with Crippen LogP contribution >= 0.6 is 12.2 Å². The van der Waals surface area contributed by atoms with Crippen molar-refractivity contribution in [2.24, 2.45) is 0 Å². The Kier molecular flexibility index (Phi) is 3.79. The van der Waals surface area contributed by atoms with Crippen LogP contribution in [0.3, 0.4) is 0 Å². The molecule has 2 N–H and O–H groups in total. The largest absolute Gasteiger partial charge is 0.358 e. The number of thiocarbonyl (C=S) groups is 1. The van der Waals surface area contributed by atoms with Gasteiger partial charge in [-0.25, -0.2) is 0 Å². The van der Waals surface area contributed by atoms with Crippen molar-refractivity contribution in [3.05, 3.63) is 0 Å². The second-order valence-corrected chi connectivity index (χ2v) is 3.92. The fraction of sp³-hybridized carbons (Fsp3) is 0.889. The van der Waals surface area contributed by atoms with Crippen LogP contribution in [0, 0.1) is 0 Å². The molecule has 2 nitrogen and oxygen atoms in total. The maximum Gasteiger partial charge on any atom is 0.166 e. The highest BCUT2D eigenvalue weighted by atomic mass is 32.1. The van der Waals surface area contributed by atoms with Crippen molar-refractivity contribution in [1.29, 1.82) is 0 Å². The highest BCUT2D eigenvalue weighted by Gasteiger charge is 2.24. The molecule has 0 aromatic heterocycles. The molecule has 2 atom stereocenters. The zero-order chi connectivity index (χ0) is 8.97. The fourth-order valence-corrected chi connectivity index (χ4v) is 1.92. The number of hydrogen-bond donors (Lipinski definition) is 2. The minimum Gasteiger partial charge on any atom is -0.358 e. The summed E-state index contributed by atoms with van der Waals surface area (Å²) in [6, 6.07) is 1.07. The van der Waals surface area contributed by atoms with E-state index >= 15 is 0 Å². The van der Waals surface area contributed by atoms with Crippen molar-refractivity contribution in [2.75, 3.05) is 0 Å². The molecule has 1 rings (SSSR count). The smallest absolute Gasteiger partial charge is 0.166 e. The third-order valence-corrected chi connectivity index (χ3v) is 2.63. The Morgan fingerprint density at radius 2 is 2.08 bits per heavy atom. The van der Waals surface area contributed by atoms with Crippen LogP contribution in [-0.2, 0) is 0 Å². The van der Waals surface area contributed by atoms with Crippen molar-refractivity contribution >= 4 is 17.3 Å². The standard InChI is InChI=1S/C9H18N2S/c1-3-4-5-6-8-7(2)10-9(12)11-8/h7-8H,3-6H2,1-2H3,(H2,10,11,12). The van der Waals surface area contributed by atoms with Gasteiger partial charge in [-0.15, -0.1) is 0 Å². The summed E-state index contributed by atoms with van der Waals surface area (Å²) in [6.07, 6.45) is 5.17. The maximum absolute atomic E-state index is 5.03. The zero-order valence-corrected chi connectivity index (χ0v) is 8.71. The lowest BCUT2D eigenvalue weighted by atomic mass is 10.0. The lowest BCUT2D eigenvalue weighted by Gasteiger charge is -2.13. The Morgan fingerprint density at radius 1 is 1.33 bits per heavy atom.